The van der Waals surface area contributed by atoms with Gasteiger partial charge in [0.25, 0.3) is 0 Å². The van der Waals surface area contributed by atoms with Gasteiger partial charge in [-0.25, -0.2) is 0 Å². The molecule has 0 aliphatic carbocycles. The molecule has 0 aromatic heterocycles. The largest absolute Gasteiger partial charge is 2.00 e. The van der Waals surface area contributed by atoms with E-state index in [9.17, 15) is 0 Å². The predicted molar refractivity (Wildman–Crippen MR) is 62.7 cm³/mol. The van der Waals surface area contributed by atoms with Gasteiger partial charge in [-0.15, -0.1) is 0 Å². The van der Waals surface area contributed by atoms with Crippen LogP contribution in [0.15, 0.2) is 0 Å². The van der Waals surface area contributed by atoms with Gasteiger partial charge in [-0.3, -0.25) is 0 Å². The monoisotopic (exact) mass is 358 g/mol. The minimum atomic E-state index is 0. The zero-order chi connectivity index (χ0) is 0. The Morgan fingerprint density at radius 1 is 0.235 bits per heavy atom. The van der Waals surface area contributed by atoms with Crippen molar-refractivity contribution < 1.29 is 96.0 Å². The summed E-state index contributed by atoms with van der Waals surface area (Å²) in [4.78, 5) is 0. The van der Waals surface area contributed by atoms with Crippen molar-refractivity contribution in [1.29, 1.82) is 0 Å². The molecule has 0 saturated heterocycles. The van der Waals surface area contributed by atoms with E-state index < -0.39 is 0 Å². The van der Waals surface area contributed by atoms with E-state index in [1.54, 1.807) is 0 Å². The second-order valence-electron chi connectivity index (χ2n) is 0. The van der Waals surface area contributed by atoms with Crippen LogP contribution >= 0.6 is 0 Å². The van der Waals surface area contributed by atoms with E-state index in [1.165, 1.54) is 0 Å². The quantitative estimate of drug-likeness (QED) is 0.363. The van der Waals surface area contributed by atoms with E-state index >= 15 is 0 Å². The summed E-state index contributed by atoms with van der Waals surface area (Å²) in [5, 5.41) is 0. The molecular weight excluding hydrogens is 330 g/mol. The maximum Gasteiger partial charge on any atom is 2.00 e. The second kappa shape index (κ2) is 2520. The van der Waals surface area contributed by atoms with Crippen LogP contribution in [-0.2, 0) is 0 Å². The van der Waals surface area contributed by atoms with Crippen LogP contribution in [0.5, 0.6) is 0 Å². The van der Waals surface area contributed by atoms with E-state index in [0.29, 0.717) is 0 Å². The van der Waals surface area contributed by atoms with Crippen molar-refractivity contribution in [3.8, 4) is 0 Å². The Labute approximate surface area is 136 Å². The molecule has 126 valence electrons. The number of hydrogen-bond donors (Lipinski definition) is 0. The first kappa shape index (κ1) is 3000. The van der Waals surface area contributed by atoms with Gasteiger partial charge in [0.1, 0.15) is 0 Å². The van der Waals surface area contributed by atoms with Gasteiger partial charge in [0.2, 0.25) is 0 Å². The summed E-state index contributed by atoms with van der Waals surface area (Å²) in [6, 6.07) is 0. The Balaban J connectivity index is 0. The molecule has 0 aliphatic rings. The normalized spacial score (nSPS) is 0. The molecule has 0 rings (SSSR count). The molecule has 0 saturated carbocycles. The van der Waals surface area contributed by atoms with Crippen LogP contribution in [0.3, 0.4) is 0 Å². The van der Waals surface area contributed by atoms with E-state index in [0.717, 1.165) is 0 Å². The Kier molecular flexibility index (Phi) is 444000. The molecular formula is H29AlCl2MgO13. The average Bonchev–Trinajstić information content (AvgIpc) is 0. The van der Waals surface area contributed by atoms with Gasteiger partial charge < -0.3 is 96.0 Å². The Morgan fingerprint density at radius 2 is 0.235 bits per heavy atom. The Bertz CT molecular complexity index is 19.4. The molecule has 0 fully saturated rings. The zero-order valence-corrected chi connectivity index (χ0v) is 10.9. The molecule has 0 atom stereocenters. The van der Waals surface area contributed by atoms with Crippen molar-refractivity contribution in [3.63, 3.8) is 0 Å². The third kappa shape index (κ3) is 2220. The van der Waals surface area contributed by atoms with Crippen molar-refractivity contribution in [3.05, 3.63) is 0 Å². The fourth-order valence-electron chi connectivity index (χ4n) is 0. The van der Waals surface area contributed by atoms with Gasteiger partial charge in [0.05, 0.1) is 0 Å². The summed E-state index contributed by atoms with van der Waals surface area (Å²) in [7, 11) is 0. The van der Waals surface area contributed by atoms with Gasteiger partial charge in [-0.05, 0) is 0 Å². The molecule has 26 N–H and O–H groups in total. The third-order valence-electron chi connectivity index (χ3n) is 0. The summed E-state index contributed by atoms with van der Waals surface area (Å²) in [5.74, 6) is 0. The van der Waals surface area contributed by atoms with E-state index in [4.69, 9.17) is 0 Å². The van der Waals surface area contributed by atoms with E-state index in [1.807, 2.05) is 0 Å². The van der Waals surface area contributed by atoms with Crippen LogP contribution in [0.2, 0.25) is 0 Å². The molecule has 0 heterocycles. The fraction of sp³-hybridized carbons (Fsp3) is 0. The molecule has 13 nitrogen and oxygen atoms in total. The average molecular weight is 359 g/mol. The SMILES string of the molecule is O.O.O.O.O.O.O.O.O.O.O.O.O.[AlH3].[Cl-].[Cl-].[Mg+2]. The van der Waals surface area contributed by atoms with Crippen LogP contribution in [0, 0.1) is 0 Å². The molecule has 17 heteroatoms. The van der Waals surface area contributed by atoms with Crippen molar-refractivity contribution >= 4 is 40.4 Å². The predicted octanol–water partition coefficient (Wildman–Crippen LogP) is -18.3. The molecule has 0 bridgehead atoms. The standard InChI is InChI=1S/Al.2ClH.Mg.13H2O.3H/h;2*1H;;13*1H2;;;/q;;;+2;;;;;;;;;;;;;;;;/p-2. The van der Waals surface area contributed by atoms with Gasteiger partial charge in [0, 0.05) is 0 Å². The van der Waals surface area contributed by atoms with Crippen LogP contribution in [0.25, 0.3) is 0 Å². The van der Waals surface area contributed by atoms with Crippen molar-refractivity contribution in [2.75, 3.05) is 0 Å². The fourth-order valence-corrected chi connectivity index (χ4v) is 0. The first-order valence-electron chi connectivity index (χ1n) is 0. The second-order valence-corrected chi connectivity index (χ2v) is 0. The van der Waals surface area contributed by atoms with Gasteiger partial charge in [-0.2, -0.15) is 0 Å². The minimum Gasteiger partial charge on any atom is -1.00 e. The Morgan fingerprint density at radius 3 is 0.235 bits per heavy atom. The summed E-state index contributed by atoms with van der Waals surface area (Å²) in [6.07, 6.45) is 0. The number of halogens is 2. The first-order chi connectivity index (χ1) is 0. The van der Waals surface area contributed by atoms with Crippen molar-refractivity contribution in [2.24, 2.45) is 0 Å². The van der Waals surface area contributed by atoms with Gasteiger partial charge in [-0.1, -0.05) is 0 Å². The smallest absolute Gasteiger partial charge is 1.00 e. The van der Waals surface area contributed by atoms with E-state index in [-0.39, 0.29) is 136 Å². The summed E-state index contributed by atoms with van der Waals surface area (Å²) in [5.41, 5.74) is 0. The molecule has 0 aromatic carbocycles. The number of hydrogen-bond acceptors (Lipinski definition) is 0. The van der Waals surface area contributed by atoms with Crippen LogP contribution < -0.4 is 24.8 Å². The summed E-state index contributed by atoms with van der Waals surface area (Å²) < 4.78 is 0. The maximum atomic E-state index is 0. The zero-order valence-electron chi connectivity index (χ0n) is 7.96. The molecule has 17 heavy (non-hydrogen) atoms. The maximum absolute atomic E-state index is 0. The molecule has 0 radical (unpaired) electrons. The van der Waals surface area contributed by atoms with Crippen molar-refractivity contribution in [1.82, 2.24) is 0 Å². The topological polar surface area (TPSA) is 410 Å². The Hall–Kier alpha value is 1.36. The first-order valence-corrected chi connectivity index (χ1v) is 0. The van der Waals surface area contributed by atoms with Crippen LogP contribution in [0.4, 0.5) is 0 Å². The van der Waals surface area contributed by atoms with Crippen LogP contribution in [0.1, 0.15) is 0 Å². The summed E-state index contributed by atoms with van der Waals surface area (Å²) in [6.45, 7) is 0. The molecule has 0 amide bonds. The molecule has 0 aliphatic heterocycles. The van der Waals surface area contributed by atoms with Crippen LogP contribution in [-0.4, -0.2) is 112 Å². The molecule has 0 aromatic rings. The van der Waals surface area contributed by atoms with E-state index in [2.05, 4.69) is 0 Å². The summed E-state index contributed by atoms with van der Waals surface area (Å²) >= 11 is 0. The molecule has 0 unspecified atom stereocenters. The molecule has 0 spiro atoms. The van der Waals surface area contributed by atoms with Gasteiger partial charge in [0.15, 0.2) is 17.4 Å². The van der Waals surface area contributed by atoms with Gasteiger partial charge >= 0.3 is 23.1 Å². The number of rotatable bonds is 0. The third-order valence-corrected chi connectivity index (χ3v) is 0. The minimum absolute atomic E-state index is 0. The van der Waals surface area contributed by atoms with Crippen molar-refractivity contribution in [2.45, 2.75) is 0 Å².